The Morgan fingerprint density at radius 1 is 0.681 bits per heavy atom. The molecule has 0 radical (unpaired) electrons. The highest BCUT2D eigenvalue weighted by atomic mass is 16.6. The number of hydrogen-bond acceptors (Lipinski definition) is 4. The number of benzene rings is 4. The number of carbonyl (C=O) groups excluding carboxylic acids is 3. The van der Waals surface area contributed by atoms with E-state index in [1.165, 1.54) is 27.2 Å². The van der Waals surface area contributed by atoms with E-state index >= 15 is 0 Å². The van der Waals surface area contributed by atoms with Gasteiger partial charge < -0.3 is 10.1 Å². The van der Waals surface area contributed by atoms with Gasteiger partial charge in [0.15, 0.2) is 0 Å². The predicted molar refractivity (Wildman–Crippen MR) is 188 cm³/mol. The summed E-state index contributed by atoms with van der Waals surface area (Å²) in [6.45, 7) is 9.30. The average molecular weight is 631 g/mol. The lowest BCUT2D eigenvalue weighted by atomic mass is 9.98. The Balaban J connectivity index is 0.000000193. The van der Waals surface area contributed by atoms with Gasteiger partial charge in [-0.05, 0) is 79.8 Å². The fourth-order valence-electron chi connectivity index (χ4n) is 6.31. The largest absolute Gasteiger partial charge is 0.443 e. The molecule has 0 bridgehead atoms. The summed E-state index contributed by atoms with van der Waals surface area (Å²) < 4.78 is 5.45. The Kier molecular flexibility index (Phi) is 10.6. The third kappa shape index (κ3) is 8.97. The lowest BCUT2D eigenvalue weighted by Crippen LogP contribution is -2.43. The van der Waals surface area contributed by atoms with E-state index in [9.17, 15) is 14.4 Å². The van der Waals surface area contributed by atoms with Crippen molar-refractivity contribution in [2.75, 3.05) is 0 Å². The summed E-state index contributed by atoms with van der Waals surface area (Å²) in [5, 5.41) is 3.06. The number of likely N-dealkylation sites (tertiary alicyclic amines) is 1. The van der Waals surface area contributed by atoms with Crippen molar-refractivity contribution in [2.45, 2.75) is 78.0 Å². The summed E-state index contributed by atoms with van der Waals surface area (Å²) in [5.41, 5.74) is 6.56. The molecule has 2 saturated heterocycles. The van der Waals surface area contributed by atoms with Gasteiger partial charge in [0.05, 0.1) is 0 Å². The normalized spacial score (nSPS) is 20.7. The molecular weight excluding hydrogens is 584 g/mol. The molecule has 4 atom stereocenters. The van der Waals surface area contributed by atoms with Gasteiger partial charge in [0.2, 0.25) is 11.8 Å². The fraction of sp³-hybridized carbons (Fsp3) is 0.341. The summed E-state index contributed by atoms with van der Waals surface area (Å²) >= 11 is 0. The van der Waals surface area contributed by atoms with E-state index in [0.717, 1.165) is 24.0 Å². The van der Waals surface area contributed by atoms with E-state index in [2.05, 4.69) is 90.2 Å². The topological polar surface area (TPSA) is 75.7 Å². The molecule has 6 heteroatoms. The quantitative estimate of drug-likeness (QED) is 0.232. The maximum Gasteiger partial charge on any atom is 0.417 e. The van der Waals surface area contributed by atoms with Crippen LogP contribution < -0.4 is 5.32 Å². The van der Waals surface area contributed by atoms with Crippen LogP contribution in [0.25, 0.3) is 22.3 Å². The zero-order valence-corrected chi connectivity index (χ0v) is 28.1. The molecular formula is C41H46N2O4. The third-order valence-electron chi connectivity index (χ3n) is 8.75. The van der Waals surface area contributed by atoms with Gasteiger partial charge in [0.25, 0.3) is 0 Å². The molecule has 6 rings (SSSR count). The van der Waals surface area contributed by atoms with Gasteiger partial charge >= 0.3 is 6.09 Å². The predicted octanol–water partition coefficient (Wildman–Crippen LogP) is 8.49. The monoisotopic (exact) mass is 630 g/mol. The molecule has 2 heterocycles. The maximum absolute atomic E-state index is 12.5. The van der Waals surface area contributed by atoms with Crippen LogP contribution in [0.5, 0.6) is 0 Å². The van der Waals surface area contributed by atoms with Crippen molar-refractivity contribution in [1.29, 1.82) is 0 Å². The van der Waals surface area contributed by atoms with Gasteiger partial charge in [-0.3, -0.25) is 9.59 Å². The molecule has 0 aromatic heterocycles. The standard InChI is InChI=1S/C23H27NO3.C18H19NO/c1-16-14-20(24(21(16)25)22(26)27-23(2,3)4)15-17-10-12-19(13-11-17)18-8-6-5-7-9-18;1-13-11-17(19-18(13)20)12-14-7-9-16(10-8-14)15-5-3-2-4-6-15/h5-13,16,20H,14-15H2,1-4H3;2-10,13,17H,11-12H2,1H3,(H,19,20)/t16?,20-;13?,17-/m00/s1. The van der Waals surface area contributed by atoms with Gasteiger partial charge in [0.1, 0.15) is 5.60 Å². The van der Waals surface area contributed by atoms with Crippen molar-refractivity contribution in [2.24, 2.45) is 11.8 Å². The second-order valence-corrected chi connectivity index (χ2v) is 13.9. The highest BCUT2D eigenvalue weighted by Crippen LogP contribution is 2.30. The van der Waals surface area contributed by atoms with Crippen LogP contribution in [0.4, 0.5) is 4.79 Å². The van der Waals surface area contributed by atoms with Crippen molar-refractivity contribution in [3.63, 3.8) is 0 Å². The van der Waals surface area contributed by atoms with Crippen LogP contribution in [0, 0.1) is 11.8 Å². The number of nitrogens with zero attached hydrogens (tertiary/aromatic N) is 1. The molecule has 3 amide bonds. The molecule has 2 unspecified atom stereocenters. The van der Waals surface area contributed by atoms with Crippen LogP contribution in [0.1, 0.15) is 58.6 Å². The zero-order chi connectivity index (χ0) is 33.6. The van der Waals surface area contributed by atoms with Crippen molar-refractivity contribution in [3.05, 3.63) is 120 Å². The van der Waals surface area contributed by atoms with Crippen LogP contribution >= 0.6 is 0 Å². The molecule has 2 aliphatic rings. The van der Waals surface area contributed by atoms with Gasteiger partial charge in [-0.2, -0.15) is 0 Å². The van der Waals surface area contributed by atoms with Crippen molar-refractivity contribution in [3.8, 4) is 22.3 Å². The van der Waals surface area contributed by atoms with Crippen molar-refractivity contribution < 1.29 is 19.1 Å². The first-order chi connectivity index (χ1) is 22.5. The first-order valence-corrected chi connectivity index (χ1v) is 16.6. The summed E-state index contributed by atoms with van der Waals surface area (Å²) in [6.07, 6.45) is 2.63. The van der Waals surface area contributed by atoms with Gasteiger partial charge in [-0.15, -0.1) is 0 Å². The molecule has 4 aromatic carbocycles. The lowest BCUT2D eigenvalue weighted by Gasteiger charge is -2.27. The Hall–Kier alpha value is -4.71. The van der Waals surface area contributed by atoms with E-state index in [-0.39, 0.29) is 29.7 Å². The first-order valence-electron chi connectivity index (χ1n) is 16.6. The molecule has 2 fully saturated rings. The van der Waals surface area contributed by atoms with Crippen LogP contribution in [-0.2, 0) is 27.2 Å². The second kappa shape index (κ2) is 14.8. The number of nitrogens with one attached hydrogen (secondary N) is 1. The minimum atomic E-state index is -0.620. The molecule has 47 heavy (non-hydrogen) atoms. The van der Waals surface area contributed by atoms with E-state index < -0.39 is 11.7 Å². The Labute approximate surface area is 279 Å². The van der Waals surface area contributed by atoms with Crippen molar-refractivity contribution >= 4 is 17.9 Å². The van der Waals surface area contributed by atoms with Gasteiger partial charge in [0, 0.05) is 23.9 Å². The second-order valence-electron chi connectivity index (χ2n) is 13.9. The number of rotatable bonds is 6. The zero-order valence-electron chi connectivity index (χ0n) is 28.1. The molecule has 0 saturated carbocycles. The van der Waals surface area contributed by atoms with E-state index in [4.69, 9.17) is 4.74 Å². The van der Waals surface area contributed by atoms with Crippen LogP contribution in [0.2, 0.25) is 0 Å². The SMILES string of the molecule is CC1C[C@@H](Cc2ccc(-c3ccccc3)cc2)N(C(=O)OC(C)(C)C)C1=O.CC1C[C@@H](Cc2ccc(-c3ccccc3)cc2)NC1=O. The van der Waals surface area contributed by atoms with E-state index in [1.54, 1.807) is 0 Å². The molecule has 1 N–H and O–H groups in total. The van der Waals surface area contributed by atoms with E-state index in [1.807, 2.05) is 58.9 Å². The van der Waals surface area contributed by atoms with Crippen LogP contribution in [0.3, 0.4) is 0 Å². The summed E-state index contributed by atoms with van der Waals surface area (Å²) in [5.74, 6) is 0.0424. The Morgan fingerprint density at radius 2 is 1.15 bits per heavy atom. The molecule has 4 aromatic rings. The van der Waals surface area contributed by atoms with Gasteiger partial charge in [-0.25, -0.2) is 9.69 Å². The average Bonchev–Trinajstić information content (AvgIpc) is 3.52. The highest BCUT2D eigenvalue weighted by Gasteiger charge is 2.42. The van der Waals surface area contributed by atoms with Crippen LogP contribution in [-0.4, -0.2) is 40.5 Å². The Bertz CT molecular complexity index is 1640. The summed E-state index contributed by atoms with van der Waals surface area (Å²) in [7, 11) is 0. The third-order valence-corrected chi connectivity index (χ3v) is 8.75. The van der Waals surface area contributed by atoms with Crippen LogP contribution in [0.15, 0.2) is 109 Å². The number of ether oxygens (including phenoxy) is 1. The smallest absolute Gasteiger partial charge is 0.417 e. The Morgan fingerprint density at radius 3 is 1.60 bits per heavy atom. The van der Waals surface area contributed by atoms with Crippen molar-refractivity contribution in [1.82, 2.24) is 10.2 Å². The highest BCUT2D eigenvalue weighted by molar-refractivity contribution is 5.95. The molecule has 0 spiro atoms. The number of imide groups is 1. The minimum Gasteiger partial charge on any atom is -0.443 e. The number of hydrogen-bond donors (Lipinski definition) is 1. The number of carbonyl (C=O) groups is 3. The fourth-order valence-corrected chi connectivity index (χ4v) is 6.31. The molecule has 0 aliphatic carbocycles. The summed E-state index contributed by atoms with van der Waals surface area (Å²) in [4.78, 5) is 37.9. The molecule has 244 valence electrons. The first kappa shape index (κ1) is 33.6. The molecule has 2 aliphatic heterocycles. The minimum absolute atomic E-state index is 0.143. The van der Waals surface area contributed by atoms with Gasteiger partial charge in [-0.1, -0.05) is 123 Å². The maximum atomic E-state index is 12.5. The lowest BCUT2D eigenvalue weighted by molar-refractivity contribution is -0.130. The van der Waals surface area contributed by atoms with E-state index in [0.29, 0.717) is 18.9 Å². The molecule has 6 nitrogen and oxygen atoms in total. The summed E-state index contributed by atoms with van der Waals surface area (Å²) in [6, 6.07) is 37.7. The number of amides is 3.